The molecule has 0 radical (unpaired) electrons. The molecule has 0 aliphatic heterocycles. The summed E-state index contributed by atoms with van der Waals surface area (Å²) >= 11 is 0. The third-order valence-corrected chi connectivity index (χ3v) is 2.93. The maximum atomic E-state index is 6.04. The summed E-state index contributed by atoms with van der Waals surface area (Å²) in [6.45, 7) is 8.74. The number of rotatable bonds is 3. The number of hydrogen-bond acceptors (Lipinski definition) is 3. The highest BCUT2D eigenvalue weighted by Crippen LogP contribution is 2.28. The molecule has 0 fully saturated rings. The molecule has 0 unspecified atom stereocenters. The van der Waals surface area contributed by atoms with Gasteiger partial charge in [-0.1, -0.05) is 32.9 Å². The largest absolute Gasteiger partial charge is 0.488 e. The van der Waals surface area contributed by atoms with Gasteiger partial charge in [0, 0.05) is 5.39 Å². The van der Waals surface area contributed by atoms with Crippen LogP contribution in [0.2, 0.25) is 0 Å². The maximum Gasteiger partial charge on any atom is 0.146 e. The molecule has 0 bridgehead atoms. The number of anilines is 1. The number of ether oxygens (including phenoxy) is 1. The summed E-state index contributed by atoms with van der Waals surface area (Å²) in [5.41, 5.74) is 6.84. The van der Waals surface area contributed by atoms with Crippen LogP contribution in [0.1, 0.15) is 34.1 Å². The van der Waals surface area contributed by atoms with E-state index in [9.17, 15) is 0 Å². The highest BCUT2D eigenvalue weighted by Gasteiger charge is 2.17. The van der Waals surface area contributed by atoms with Crippen LogP contribution in [0.15, 0.2) is 30.3 Å². The molecule has 2 N–H and O–H groups in total. The van der Waals surface area contributed by atoms with E-state index in [2.05, 4.69) is 32.7 Å². The Hall–Kier alpha value is -1.77. The molecule has 0 amide bonds. The number of fused-ring (bicyclic) bond motifs is 1. The van der Waals surface area contributed by atoms with Crippen molar-refractivity contribution in [1.82, 2.24) is 4.98 Å². The molecule has 1 aromatic heterocycles. The van der Waals surface area contributed by atoms with E-state index in [0.29, 0.717) is 5.82 Å². The van der Waals surface area contributed by atoms with E-state index in [0.717, 1.165) is 23.1 Å². The van der Waals surface area contributed by atoms with Crippen molar-refractivity contribution in [2.75, 3.05) is 5.73 Å². The molecule has 0 aliphatic rings. The van der Waals surface area contributed by atoms with Gasteiger partial charge in [0.05, 0.1) is 6.10 Å². The summed E-state index contributed by atoms with van der Waals surface area (Å²) in [4.78, 5) is 4.38. The Bertz CT molecular complexity index is 572. The first-order valence-electron chi connectivity index (χ1n) is 6.67. The van der Waals surface area contributed by atoms with Gasteiger partial charge in [0.25, 0.3) is 0 Å². The van der Waals surface area contributed by atoms with E-state index in [1.807, 2.05) is 30.3 Å². The van der Waals surface area contributed by atoms with Crippen molar-refractivity contribution in [2.45, 2.75) is 40.2 Å². The number of benzene rings is 1. The molecule has 1 aromatic carbocycles. The second kappa shape index (κ2) is 5.08. The Labute approximate surface area is 114 Å². The van der Waals surface area contributed by atoms with Gasteiger partial charge in [0.1, 0.15) is 17.1 Å². The van der Waals surface area contributed by atoms with Crippen LogP contribution < -0.4 is 10.5 Å². The minimum atomic E-state index is 0.147. The number of pyridine rings is 1. The highest BCUT2D eigenvalue weighted by atomic mass is 16.5. The third kappa shape index (κ3) is 3.60. The van der Waals surface area contributed by atoms with Crippen LogP contribution in [0.3, 0.4) is 0 Å². The zero-order valence-electron chi connectivity index (χ0n) is 12.1. The van der Waals surface area contributed by atoms with Gasteiger partial charge in [-0.15, -0.1) is 0 Å². The van der Waals surface area contributed by atoms with Crippen LogP contribution >= 0.6 is 0 Å². The zero-order valence-corrected chi connectivity index (χ0v) is 12.1. The first-order valence-corrected chi connectivity index (χ1v) is 6.67. The Morgan fingerprint density at radius 2 is 1.95 bits per heavy atom. The van der Waals surface area contributed by atoms with Crippen LogP contribution in [0.4, 0.5) is 5.82 Å². The number of nitrogen functional groups attached to an aromatic ring is 1. The molecule has 3 nitrogen and oxygen atoms in total. The highest BCUT2D eigenvalue weighted by molar-refractivity contribution is 5.85. The van der Waals surface area contributed by atoms with E-state index < -0.39 is 0 Å². The lowest BCUT2D eigenvalue weighted by atomic mass is 9.90. The summed E-state index contributed by atoms with van der Waals surface area (Å²) in [6, 6.07) is 9.74. The molecule has 0 saturated carbocycles. The maximum absolute atomic E-state index is 6.04. The fourth-order valence-corrected chi connectivity index (χ4v) is 2.35. The predicted molar refractivity (Wildman–Crippen MR) is 80.3 cm³/mol. The smallest absolute Gasteiger partial charge is 0.146 e. The SMILES string of the molecule is C[C@@H](CC(C)(C)C)Oc1cccc2ccc(N)nc12. The molecule has 19 heavy (non-hydrogen) atoms. The van der Waals surface area contributed by atoms with E-state index in [1.165, 1.54) is 0 Å². The van der Waals surface area contributed by atoms with Gasteiger partial charge in [-0.3, -0.25) is 0 Å². The number of nitrogens with zero attached hydrogens (tertiary/aromatic N) is 1. The summed E-state index contributed by atoms with van der Waals surface area (Å²) < 4.78 is 6.04. The first-order chi connectivity index (χ1) is 8.85. The Balaban J connectivity index is 2.27. The van der Waals surface area contributed by atoms with Gasteiger partial charge < -0.3 is 10.5 Å². The van der Waals surface area contributed by atoms with Crippen LogP contribution in [0, 0.1) is 5.41 Å². The second-order valence-corrected chi connectivity index (χ2v) is 6.26. The van der Waals surface area contributed by atoms with E-state index in [-0.39, 0.29) is 11.5 Å². The van der Waals surface area contributed by atoms with Gasteiger partial charge >= 0.3 is 0 Å². The average molecular weight is 258 g/mol. The minimum Gasteiger partial charge on any atom is -0.488 e. The molecule has 1 atom stereocenters. The normalized spacial score (nSPS) is 13.5. The van der Waals surface area contributed by atoms with E-state index in [1.54, 1.807) is 0 Å². The number of hydrogen-bond donors (Lipinski definition) is 1. The molecule has 0 aliphatic carbocycles. The lowest BCUT2D eigenvalue weighted by Crippen LogP contribution is -2.20. The van der Waals surface area contributed by atoms with Crippen LogP contribution in [-0.2, 0) is 0 Å². The fourth-order valence-electron chi connectivity index (χ4n) is 2.35. The van der Waals surface area contributed by atoms with E-state index >= 15 is 0 Å². The fraction of sp³-hybridized carbons (Fsp3) is 0.438. The van der Waals surface area contributed by atoms with Crippen molar-refractivity contribution in [3.05, 3.63) is 30.3 Å². The average Bonchev–Trinajstić information content (AvgIpc) is 2.27. The number of aromatic nitrogens is 1. The third-order valence-electron chi connectivity index (χ3n) is 2.93. The molecule has 2 rings (SSSR count). The Morgan fingerprint density at radius 3 is 2.63 bits per heavy atom. The molecular weight excluding hydrogens is 236 g/mol. The van der Waals surface area contributed by atoms with Gasteiger partial charge in [0.2, 0.25) is 0 Å². The van der Waals surface area contributed by atoms with Crippen LogP contribution in [0.25, 0.3) is 10.9 Å². The Kier molecular flexibility index (Phi) is 3.65. The Morgan fingerprint density at radius 1 is 1.21 bits per heavy atom. The van der Waals surface area contributed by atoms with Crippen molar-refractivity contribution >= 4 is 16.7 Å². The molecule has 102 valence electrons. The molecule has 1 heterocycles. The summed E-state index contributed by atoms with van der Waals surface area (Å²) in [5.74, 6) is 1.33. The van der Waals surface area contributed by atoms with Gasteiger partial charge in [-0.2, -0.15) is 0 Å². The molecule has 0 spiro atoms. The monoisotopic (exact) mass is 258 g/mol. The summed E-state index contributed by atoms with van der Waals surface area (Å²) in [7, 11) is 0. The first kappa shape index (κ1) is 13.7. The minimum absolute atomic E-state index is 0.147. The van der Waals surface area contributed by atoms with E-state index in [4.69, 9.17) is 10.5 Å². The van der Waals surface area contributed by atoms with Crippen molar-refractivity contribution in [3.8, 4) is 5.75 Å². The van der Waals surface area contributed by atoms with Crippen LogP contribution in [-0.4, -0.2) is 11.1 Å². The van der Waals surface area contributed by atoms with Crippen molar-refractivity contribution < 1.29 is 4.74 Å². The summed E-state index contributed by atoms with van der Waals surface area (Å²) in [5, 5.41) is 1.05. The standard InChI is InChI=1S/C16H22N2O/c1-11(10-16(2,3)4)19-13-7-5-6-12-8-9-14(17)18-15(12)13/h5-9,11H,10H2,1-4H3,(H2,17,18)/t11-/m0/s1. The predicted octanol–water partition coefficient (Wildman–Crippen LogP) is 4.02. The van der Waals surface area contributed by atoms with Crippen molar-refractivity contribution in [2.24, 2.45) is 5.41 Å². The summed E-state index contributed by atoms with van der Waals surface area (Å²) in [6.07, 6.45) is 1.14. The molecule has 2 aromatic rings. The van der Waals surface area contributed by atoms with Crippen molar-refractivity contribution in [1.29, 1.82) is 0 Å². The van der Waals surface area contributed by atoms with Crippen LogP contribution in [0.5, 0.6) is 5.75 Å². The number of nitrogens with two attached hydrogens (primary N) is 1. The molecule has 0 saturated heterocycles. The van der Waals surface area contributed by atoms with Crippen molar-refractivity contribution in [3.63, 3.8) is 0 Å². The molecule has 3 heteroatoms. The molecular formula is C16H22N2O. The lowest BCUT2D eigenvalue weighted by Gasteiger charge is -2.24. The van der Waals surface area contributed by atoms with Gasteiger partial charge in [-0.05, 0) is 37.0 Å². The zero-order chi connectivity index (χ0) is 14.0. The lowest BCUT2D eigenvalue weighted by molar-refractivity contribution is 0.162. The number of para-hydroxylation sites is 1. The second-order valence-electron chi connectivity index (χ2n) is 6.26. The van der Waals surface area contributed by atoms with Gasteiger partial charge in [-0.25, -0.2) is 4.98 Å². The van der Waals surface area contributed by atoms with Gasteiger partial charge in [0.15, 0.2) is 0 Å². The quantitative estimate of drug-likeness (QED) is 0.904. The topological polar surface area (TPSA) is 48.1 Å².